The van der Waals surface area contributed by atoms with Crippen molar-refractivity contribution in [3.8, 4) is 17.3 Å². The number of anilines is 2. The van der Waals surface area contributed by atoms with E-state index in [0.29, 0.717) is 43.3 Å². The van der Waals surface area contributed by atoms with E-state index in [1.54, 1.807) is 6.07 Å². The van der Waals surface area contributed by atoms with Gasteiger partial charge in [-0.1, -0.05) is 0 Å². The average molecular weight is 604 g/mol. The Morgan fingerprint density at radius 2 is 1.91 bits per heavy atom. The van der Waals surface area contributed by atoms with E-state index < -0.39 is 35.0 Å². The van der Waals surface area contributed by atoms with Gasteiger partial charge in [-0.25, -0.2) is 13.8 Å². The molecule has 0 unspecified atom stereocenters. The maximum absolute atomic E-state index is 16.5. The molecule has 4 aliphatic heterocycles. The van der Waals surface area contributed by atoms with Crippen LogP contribution in [0.5, 0.6) is 6.01 Å². The van der Waals surface area contributed by atoms with Crippen molar-refractivity contribution < 1.29 is 26.7 Å². The number of aromatic nitrogens is 3. The number of fused-ring (bicyclic) bond motifs is 4. The summed E-state index contributed by atoms with van der Waals surface area (Å²) in [5.74, 6) is -0.653. The Morgan fingerprint density at radius 3 is 2.72 bits per heavy atom. The molecular formula is C30H34F5N7O. The van der Waals surface area contributed by atoms with Crippen molar-refractivity contribution in [1.29, 1.82) is 0 Å². The highest BCUT2D eigenvalue weighted by Gasteiger charge is 2.49. The molecule has 0 aliphatic carbocycles. The highest BCUT2D eigenvalue weighted by molar-refractivity contribution is 5.93. The number of benzene rings is 1. The van der Waals surface area contributed by atoms with E-state index in [0.717, 1.165) is 44.7 Å². The van der Waals surface area contributed by atoms with Crippen LogP contribution < -0.4 is 20.7 Å². The minimum Gasteiger partial charge on any atom is -0.461 e. The summed E-state index contributed by atoms with van der Waals surface area (Å²) in [5.41, 5.74) is 3.02. The van der Waals surface area contributed by atoms with Crippen LogP contribution >= 0.6 is 0 Å². The van der Waals surface area contributed by atoms with Gasteiger partial charge in [0.25, 0.3) is 0 Å². The molecule has 0 saturated carbocycles. The van der Waals surface area contributed by atoms with Crippen LogP contribution in [0.2, 0.25) is 0 Å². The summed E-state index contributed by atoms with van der Waals surface area (Å²) in [6.07, 6.45) is -0.721. The molecule has 4 saturated heterocycles. The number of aryl methyl sites for hydroxylation is 1. The lowest BCUT2D eigenvalue weighted by molar-refractivity contribution is -0.137. The van der Waals surface area contributed by atoms with Crippen molar-refractivity contribution in [3.05, 3.63) is 35.1 Å². The molecule has 43 heavy (non-hydrogen) atoms. The van der Waals surface area contributed by atoms with Crippen LogP contribution in [0.3, 0.4) is 0 Å². The Labute approximate surface area is 245 Å². The monoisotopic (exact) mass is 603 g/mol. The number of nitrogen functional groups attached to an aromatic ring is 1. The largest absolute Gasteiger partial charge is 0.461 e. The van der Waals surface area contributed by atoms with Crippen LogP contribution in [0.25, 0.3) is 22.2 Å². The second kappa shape index (κ2) is 10.4. The van der Waals surface area contributed by atoms with E-state index >= 15 is 4.39 Å². The standard InChI is InChI=1S/C30H34F5N7O/c1-16-11-22(36)38-25(23(16)30(33,34)35)20-5-6-21-26(24(20)32)39-28(43-15-29-8-2-9-42(29)13-17(31)12-29)40-27(21)41-10-7-18-3-4-19(14-41)37-18/h5-6,11,17-19,37H,2-4,7-10,12-15H2,1H3,(H2,36,38)/t17-,18-,19+,29+/m1/s1. The Hall–Kier alpha value is -3.32. The Kier molecular flexibility index (Phi) is 6.88. The number of nitrogens with zero attached hydrogens (tertiary/aromatic N) is 5. The van der Waals surface area contributed by atoms with Crippen LogP contribution in [-0.2, 0) is 6.18 Å². The summed E-state index contributed by atoms with van der Waals surface area (Å²) in [6, 6.07) is 4.51. The van der Waals surface area contributed by atoms with E-state index in [-0.39, 0.29) is 41.1 Å². The Morgan fingerprint density at radius 1 is 1.09 bits per heavy atom. The SMILES string of the molecule is Cc1cc(N)nc(-c2ccc3c(N4CC[C@H]5CC[C@@H](C4)N5)nc(OC[C@@]45CCCN4C[C@H](F)C5)nc3c2F)c1C(F)(F)F. The van der Waals surface area contributed by atoms with E-state index in [1.807, 2.05) is 0 Å². The lowest BCUT2D eigenvalue weighted by Gasteiger charge is -2.31. The van der Waals surface area contributed by atoms with Gasteiger partial charge < -0.3 is 20.7 Å². The van der Waals surface area contributed by atoms with Gasteiger partial charge >= 0.3 is 12.2 Å². The summed E-state index contributed by atoms with van der Waals surface area (Å²) < 4.78 is 79.4. The fourth-order valence-corrected chi connectivity index (χ4v) is 7.65. The zero-order chi connectivity index (χ0) is 30.1. The molecule has 0 amide bonds. The third-order valence-electron chi connectivity index (χ3n) is 9.59. The van der Waals surface area contributed by atoms with Gasteiger partial charge in [0.1, 0.15) is 29.9 Å². The van der Waals surface area contributed by atoms with Gasteiger partial charge in [0.15, 0.2) is 5.82 Å². The average Bonchev–Trinajstić information content (AvgIpc) is 3.57. The third kappa shape index (κ3) is 5.03. The Bertz CT molecular complexity index is 1570. The minimum absolute atomic E-state index is 0.0859. The van der Waals surface area contributed by atoms with Gasteiger partial charge in [-0.15, -0.1) is 0 Å². The quantitative estimate of drug-likeness (QED) is 0.393. The molecule has 230 valence electrons. The first kappa shape index (κ1) is 28.5. The molecule has 4 fully saturated rings. The summed E-state index contributed by atoms with van der Waals surface area (Å²) in [5, 5.41) is 3.99. The molecule has 3 N–H and O–H groups in total. The van der Waals surface area contributed by atoms with Crippen LogP contribution in [0, 0.1) is 12.7 Å². The fourth-order valence-electron chi connectivity index (χ4n) is 7.65. The van der Waals surface area contributed by atoms with Crippen molar-refractivity contribution in [2.45, 2.75) is 75.4 Å². The van der Waals surface area contributed by atoms with Gasteiger partial charge in [-0.05, 0) is 69.3 Å². The van der Waals surface area contributed by atoms with E-state index in [2.05, 4.69) is 25.1 Å². The first-order valence-electron chi connectivity index (χ1n) is 14.9. The maximum atomic E-state index is 16.5. The van der Waals surface area contributed by atoms with Gasteiger partial charge in [-0.2, -0.15) is 23.1 Å². The summed E-state index contributed by atoms with van der Waals surface area (Å²) in [4.78, 5) is 17.3. The molecule has 4 aliphatic rings. The lowest BCUT2D eigenvalue weighted by atomic mass is 9.95. The fraction of sp³-hybridized carbons (Fsp3) is 0.567. The minimum atomic E-state index is -4.78. The predicted molar refractivity (Wildman–Crippen MR) is 152 cm³/mol. The zero-order valence-electron chi connectivity index (χ0n) is 23.9. The molecule has 13 heteroatoms. The molecule has 2 aromatic heterocycles. The van der Waals surface area contributed by atoms with E-state index in [4.69, 9.17) is 15.5 Å². The number of hydrogen-bond acceptors (Lipinski definition) is 8. The molecule has 0 spiro atoms. The first-order valence-corrected chi connectivity index (χ1v) is 14.9. The molecular weight excluding hydrogens is 569 g/mol. The van der Waals surface area contributed by atoms with Crippen molar-refractivity contribution in [2.75, 3.05) is 43.4 Å². The number of nitrogens with two attached hydrogens (primary N) is 1. The maximum Gasteiger partial charge on any atom is 0.418 e. The predicted octanol–water partition coefficient (Wildman–Crippen LogP) is 5.03. The number of ether oxygens (including phenoxy) is 1. The van der Waals surface area contributed by atoms with Gasteiger partial charge in [-0.3, -0.25) is 4.90 Å². The highest BCUT2D eigenvalue weighted by atomic mass is 19.4. The van der Waals surface area contributed by atoms with E-state index in [9.17, 15) is 17.6 Å². The van der Waals surface area contributed by atoms with Crippen LogP contribution in [0.15, 0.2) is 18.2 Å². The number of halogens is 5. The number of pyridine rings is 1. The van der Waals surface area contributed by atoms with Crippen LogP contribution in [-0.4, -0.2) is 76.4 Å². The normalized spacial score (nSPS) is 27.6. The number of rotatable bonds is 5. The smallest absolute Gasteiger partial charge is 0.418 e. The molecule has 1 aromatic carbocycles. The van der Waals surface area contributed by atoms with Crippen molar-refractivity contribution >= 4 is 22.5 Å². The molecule has 6 heterocycles. The second-order valence-corrected chi connectivity index (χ2v) is 12.5. The second-order valence-electron chi connectivity index (χ2n) is 12.5. The van der Waals surface area contributed by atoms with Crippen molar-refractivity contribution in [2.24, 2.45) is 0 Å². The lowest BCUT2D eigenvalue weighted by Crippen LogP contribution is -2.43. The van der Waals surface area contributed by atoms with Gasteiger partial charge in [0.05, 0.1) is 16.8 Å². The molecule has 4 atom stereocenters. The molecule has 2 bridgehead atoms. The van der Waals surface area contributed by atoms with Crippen LogP contribution in [0.4, 0.5) is 33.6 Å². The summed E-state index contributed by atoms with van der Waals surface area (Å²) in [6.45, 7) is 3.85. The third-order valence-corrected chi connectivity index (χ3v) is 9.59. The summed E-state index contributed by atoms with van der Waals surface area (Å²) in [7, 11) is 0. The molecule has 7 rings (SSSR count). The number of nitrogens with one attached hydrogen (secondary N) is 1. The highest BCUT2D eigenvalue weighted by Crippen LogP contribution is 2.43. The van der Waals surface area contributed by atoms with E-state index in [1.165, 1.54) is 13.0 Å². The molecule has 3 aromatic rings. The first-order chi connectivity index (χ1) is 20.5. The number of hydrogen-bond donors (Lipinski definition) is 2. The Balaban J connectivity index is 1.34. The topological polar surface area (TPSA) is 92.4 Å². The zero-order valence-corrected chi connectivity index (χ0v) is 23.9. The summed E-state index contributed by atoms with van der Waals surface area (Å²) >= 11 is 0. The molecule has 8 nitrogen and oxygen atoms in total. The number of alkyl halides is 4. The van der Waals surface area contributed by atoms with Gasteiger partial charge in [0.2, 0.25) is 0 Å². The van der Waals surface area contributed by atoms with Crippen LogP contribution in [0.1, 0.15) is 49.7 Å². The van der Waals surface area contributed by atoms with Crippen molar-refractivity contribution in [1.82, 2.24) is 25.2 Å². The van der Waals surface area contributed by atoms with Crippen molar-refractivity contribution in [3.63, 3.8) is 0 Å². The van der Waals surface area contributed by atoms with Gasteiger partial charge in [0, 0.05) is 49.1 Å². The molecule has 0 radical (unpaired) electrons.